The lowest BCUT2D eigenvalue weighted by atomic mass is 9.78. The van der Waals surface area contributed by atoms with Crippen LogP contribution in [0.4, 0.5) is 11.4 Å². The number of benzene rings is 2. The van der Waals surface area contributed by atoms with E-state index in [0.717, 1.165) is 4.47 Å². The number of hydrogen-bond acceptors (Lipinski definition) is 5. The van der Waals surface area contributed by atoms with Crippen molar-refractivity contribution in [3.05, 3.63) is 69.7 Å². The van der Waals surface area contributed by atoms with Crippen LogP contribution < -0.4 is 10.2 Å². The molecular formula is C24H20BrClN2O5. The maximum absolute atomic E-state index is 12.9. The van der Waals surface area contributed by atoms with Crippen molar-refractivity contribution in [2.24, 2.45) is 17.8 Å². The van der Waals surface area contributed by atoms with E-state index in [2.05, 4.69) is 21.2 Å². The van der Waals surface area contributed by atoms with E-state index in [4.69, 9.17) is 16.3 Å². The van der Waals surface area contributed by atoms with Crippen LogP contribution in [0.3, 0.4) is 0 Å². The number of amides is 3. The lowest BCUT2D eigenvalue weighted by Gasteiger charge is -2.22. The van der Waals surface area contributed by atoms with Crippen LogP contribution in [0, 0.1) is 17.8 Å². The summed E-state index contributed by atoms with van der Waals surface area (Å²) in [6.07, 6.45) is 4.46. The van der Waals surface area contributed by atoms with Gasteiger partial charge in [-0.25, -0.2) is 4.79 Å². The summed E-state index contributed by atoms with van der Waals surface area (Å²) < 4.78 is 5.83. The van der Waals surface area contributed by atoms with E-state index in [-0.39, 0.29) is 35.1 Å². The third-order valence-corrected chi connectivity index (χ3v) is 6.58. The Morgan fingerprint density at radius 1 is 1.15 bits per heavy atom. The van der Waals surface area contributed by atoms with Gasteiger partial charge < -0.3 is 10.1 Å². The minimum Gasteiger partial charge on any atom is -0.452 e. The molecule has 1 aliphatic carbocycles. The Morgan fingerprint density at radius 2 is 1.88 bits per heavy atom. The van der Waals surface area contributed by atoms with E-state index in [1.807, 2.05) is 19.1 Å². The standard InChI is InChI=1S/C24H20BrClN2O5/c1-13-3-2-4-17-21(13)23(31)28(22(17)30)16-8-5-14(6-9-16)24(32)33-12-20(29)27-19-10-7-15(25)11-18(19)26/h2-3,5-11,13,17,21H,4,12H2,1H3,(H,27,29)/t13-,17+,21+/m1/s1. The molecule has 0 bridgehead atoms. The first-order valence-electron chi connectivity index (χ1n) is 10.3. The Labute approximate surface area is 203 Å². The number of carbonyl (C=O) groups is 4. The first-order valence-corrected chi connectivity index (χ1v) is 11.5. The number of nitrogens with zero attached hydrogens (tertiary/aromatic N) is 1. The summed E-state index contributed by atoms with van der Waals surface area (Å²) >= 11 is 9.34. The molecule has 2 aromatic rings. The van der Waals surface area contributed by atoms with Crippen molar-refractivity contribution in [1.29, 1.82) is 0 Å². The first-order chi connectivity index (χ1) is 15.8. The molecule has 170 valence electrons. The molecule has 2 aromatic carbocycles. The molecule has 3 atom stereocenters. The van der Waals surface area contributed by atoms with Crippen molar-refractivity contribution in [3.8, 4) is 0 Å². The third kappa shape index (κ3) is 4.72. The predicted octanol–water partition coefficient (Wildman–Crippen LogP) is 4.60. The second-order valence-corrected chi connectivity index (χ2v) is 9.29. The quantitative estimate of drug-likeness (QED) is 0.346. The average molecular weight is 532 g/mol. The van der Waals surface area contributed by atoms with Crippen LogP contribution in [0.25, 0.3) is 0 Å². The highest BCUT2D eigenvalue weighted by Crippen LogP contribution is 2.40. The Bertz CT molecular complexity index is 1160. The molecule has 2 aliphatic rings. The molecule has 9 heteroatoms. The minimum atomic E-state index is -0.704. The minimum absolute atomic E-state index is 0.00196. The van der Waals surface area contributed by atoms with Gasteiger partial charge in [0.15, 0.2) is 6.61 Å². The van der Waals surface area contributed by atoms with Gasteiger partial charge in [0.25, 0.3) is 5.91 Å². The van der Waals surface area contributed by atoms with Crippen molar-refractivity contribution in [2.75, 3.05) is 16.8 Å². The summed E-state index contributed by atoms with van der Waals surface area (Å²) in [5.41, 5.74) is 1.00. The summed E-state index contributed by atoms with van der Waals surface area (Å²) in [5, 5.41) is 2.92. The number of carbonyl (C=O) groups excluding carboxylic acids is 4. The Balaban J connectivity index is 1.37. The molecule has 1 N–H and O–H groups in total. The molecule has 0 aromatic heterocycles. The average Bonchev–Trinajstić information content (AvgIpc) is 3.05. The molecule has 4 rings (SSSR count). The Kier molecular flexibility index (Phi) is 6.67. The fraction of sp³-hybridized carbons (Fsp3) is 0.250. The third-order valence-electron chi connectivity index (χ3n) is 5.77. The van der Waals surface area contributed by atoms with E-state index in [9.17, 15) is 19.2 Å². The highest BCUT2D eigenvalue weighted by atomic mass is 79.9. The number of imide groups is 1. The fourth-order valence-corrected chi connectivity index (χ4v) is 4.86. The molecular weight excluding hydrogens is 512 g/mol. The molecule has 0 saturated carbocycles. The summed E-state index contributed by atoms with van der Waals surface area (Å²) in [6.45, 7) is 1.44. The van der Waals surface area contributed by atoms with Gasteiger partial charge in [0, 0.05) is 4.47 Å². The number of fused-ring (bicyclic) bond motifs is 1. The second-order valence-electron chi connectivity index (χ2n) is 7.96. The molecule has 33 heavy (non-hydrogen) atoms. The topological polar surface area (TPSA) is 92.8 Å². The molecule has 1 fully saturated rings. The zero-order valence-corrected chi connectivity index (χ0v) is 19.9. The summed E-state index contributed by atoms with van der Waals surface area (Å²) in [4.78, 5) is 51.3. The van der Waals surface area contributed by atoms with Gasteiger partial charge in [-0.2, -0.15) is 0 Å². The van der Waals surface area contributed by atoms with Gasteiger partial charge >= 0.3 is 5.97 Å². The maximum Gasteiger partial charge on any atom is 0.338 e. The molecule has 3 amide bonds. The van der Waals surface area contributed by atoms with Crippen molar-refractivity contribution in [2.45, 2.75) is 13.3 Å². The summed E-state index contributed by atoms with van der Waals surface area (Å²) in [6, 6.07) is 11.0. The predicted molar refractivity (Wildman–Crippen MR) is 127 cm³/mol. The van der Waals surface area contributed by atoms with Gasteiger partial charge in [0.1, 0.15) is 0 Å². The van der Waals surface area contributed by atoms with Gasteiger partial charge in [-0.3, -0.25) is 19.3 Å². The van der Waals surface area contributed by atoms with E-state index in [1.165, 1.54) is 29.2 Å². The number of nitrogens with one attached hydrogen (secondary N) is 1. The van der Waals surface area contributed by atoms with Crippen LogP contribution in [-0.4, -0.2) is 30.3 Å². The summed E-state index contributed by atoms with van der Waals surface area (Å²) in [7, 11) is 0. The number of anilines is 2. The van der Waals surface area contributed by atoms with Crippen molar-refractivity contribution in [1.82, 2.24) is 0 Å². The first kappa shape index (κ1) is 23.2. The van der Waals surface area contributed by atoms with E-state index in [1.54, 1.807) is 18.2 Å². The molecule has 7 nitrogen and oxygen atoms in total. The van der Waals surface area contributed by atoms with E-state index in [0.29, 0.717) is 22.8 Å². The largest absolute Gasteiger partial charge is 0.452 e. The smallest absolute Gasteiger partial charge is 0.338 e. The van der Waals surface area contributed by atoms with Crippen LogP contribution in [0.1, 0.15) is 23.7 Å². The molecule has 1 aliphatic heterocycles. The number of ether oxygens (including phenoxy) is 1. The molecule has 0 spiro atoms. The van der Waals surface area contributed by atoms with Crippen LogP contribution in [0.15, 0.2) is 59.1 Å². The molecule has 1 saturated heterocycles. The zero-order chi connectivity index (χ0) is 23.7. The SMILES string of the molecule is C[C@@H]1C=CC[C@@H]2C(=O)N(c3ccc(C(=O)OCC(=O)Nc4ccc(Br)cc4Cl)cc3)C(=O)[C@@H]12. The van der Waals surface area contributed by atoms with Crippen molar-refractivity contribution in [3.63, 3.8) is 0 Å². The van der Waals surface area contributed by atoms with Crippen molar-refractivity contribution >= 4 is 62.6 Å². The van der Waals surface area contributed by atoms with Crippen LogP contribution in [0.5, 0.6) is 0 Å². The zero-order valence-electron chi connectivity index (χ0n) is 17.6. The maximum atomic E-state index is 12.9. The number of esters is 1. The van der Waals surface area contributed by atoms with Gasteiger partial charge in [-0.05, 0) is 54.8 Å². The highest BCUT2D eigenvalue weighted by molar-refractivity contribution is 9.10. The van der Waals surface area contributed by atoms with Gasteiger partial charge in [0.2, 0.25) is 11.8 Å². The van der Waals surface area contributed by atoms with Crippen molar-refractivity contribution < 1.29 is 23.9 Å². The van der Waals surface area contributed by atoms with Crippen LogP contribution in [-0.2, 0) is 19.1 Å². The monoisotopic (exact) mass is 530 g/mol. The molecule has 1 heterocycles. The number of hydrogen-bond donors (Lipinski definition) is 1. The van der Waals surface area contributed by atoms with E-state index >= 15 is 0 Å². The van der Waals surface area contributed by atoms with Gasteiger partial charge in [0.05, 0.1) is 33.8 Å². The van der Waals surface area contributed by atoms with Gasteiger partial charge in [-0.15, -0.1) is 0 Å². The number of halogens is 2. The molecule has 0 unspecified atom stereocenters. The van der Waals surface area contributed by atoms with Crippen LogP contribution >= 0.6 is 27.5 Å². The number of allylic oxidation sites excluding steroid dienone is 2. The van der Waals surface area contributed by atoms with Crippen LogP contribution in [0.2, 0.25) is 5.02 Å². The normalized spacial score (nSPS) is 21.7. The van der Waals surface area contributed by atoms with E-state index < -0.39 is 18.5 Å². The second kappa shape index (κ2) is 9.49. The highest BCUT2D eigenvalue weighted by Gasteiger charge is 2.50. The Morgan fingerprint density at radius 3 is 2.55 bits per heavy atom. The number of rotatable bonds is 5. The fourth-order valence-electron chi connectivity index (χ4n) is 4.14. The lowest BCUT2D eigenvalue weighted by molar-refractivity contribution is -0.123. The summed E-state index contributed by atoms with van der Waals surface area (Å²) in [5.74, 6) is -2.39. The lowest BCUT2D eigenvalue weighted by Crippen LogP contribution is -2.31. The van der Waals surface area contributed by atoms with Gasteiger partial charge in [-0.1, -0.05) is 46.6 Å². The molecule has 0 radical (unpaired) electrons. The Hall–Kier alpha value is -2.97.